The van der Waals surface area contributed by atoms with E-state index in [1.165, 1.54) is 23.5 Å². The van der Waals surface area contributed by atoms with Crippen molar-refractivity contribution in [2.45, 2.75) is 24.3 Å². The Morgan fingerprint density at radius 1 is 1.00 bits per heavy atom. The van der Waals surface area contributed by atoms with Crippen molar-refractivity contribution in [1.29, 1.82) is 10.5 Å². The Labute approximate surface area is 69.6 Å². The quantitative estimate of drug-likeness (QED) is 0.612. The zero-order valence-corrected chi connectivity index (χ0v) is 7.50. The summed E-state index contributed by atoms with van der Waals surface area (Å²) in [5.74, 6) is 0. The molecule has 0 spiro atoms. The Morgan fingerprint density at radius 2 is 1.30 bits per heavy atom. The lowest BCUT2D eigenvalue weighted by Gasteiger charge is -2.10. The third-order valence-electron chi connectivity index (χ3n) is 1.14. The highest BCUT2D eigenvalue weighted by Crippen LogP contribution is 2.21. The number of rotatable bonds is 3. The second-order valence-corrected chi connectivity index (χ2v) is 4.15. The summed E-state index contributed by atoms with van der Waals surface area (Å²) in [6, 6.07) is 0. The van der Waals surface area contributed by atoms with Crippen molar-refractivity contribution in [3.8, 4) is 10.8 Å². The zero-order valence-electron chi connectivity index (χ0n) is 5.87. The number of thioether (sulfide) groups is 2. The number of nitriles is 2. The van der Waals surface area contributed by atoms with E-state index in [0.717, 1.165) is 0 Å². The molecule has 0 bridgehead atoms. The average molecular weight is 172 g/mol. The van der Waals surface area contributed by atoms with E-state index in [0.29, 0.717) is 0 Å². The minimum atomic E-state index is 0.231. The van der Waals surface area contributed by atoms with Crippen LogP contribution >= 0.6 is 23.5 Å². The van der Waals surface area contributed by atoms with Crippen molar-refractivity contribution < 1.29 is 0 Å². The molecule has 0 amide bonds. The van der Waals surface area contributed by atoms with Crippen LogP contribution in [0.4, 0.5) is 0 Å². The molecule has 0 aromatic rings. The predicted octanol–water partition coefficient (Wildman–Crippen LogP) is 2.19. The average Bonchev–Trinajstić information content (AvgIpc) is 1.89. The lowest BCUT2D eigenvalue weighted by atomic mass is 10.4. The van der Waals surface area contributed by atoms with E-state index < -0.39 is 0 Å². The van der Waals surface area contributed by atoms with Crippen LogP contribution in [0.25, 0.3) is 0 Å². The summed E-state index contributed by atoms with van der Waals surface area (Å²) < 4.78 is 0. The van der Waals surface area contributed by atoms with Gasteiger partial charge in [-0.15, -0.1) is 0 Å². The summed E-state index contributed by atoms with van der Waals surface area (Å²) >= 11 is 2.43. The summed E-state index contributed by atoms with van der Waals surface area (Å²) in [6.45, 7) is 3.89. The van der Waals surface area contributed by atoms with Gasteiger partial charge in [-0.2, -0.15) is 10.5 Å². The first kappa shape index (κ1) is 9.68. The van der Waals surface area contributed by atoms with Crippen LogP contribution in [0.2, 0.25) is 0 Å². The third kappa shape index (κ3) is 3.66. The molecule has 0 N–H and O–H groups in total. The van der Waals surface area contributed by atoms with Crippen LogP contribution < -0.4 is 0 Å². The van der Waals surface area contributed by atoms with Crippen LogP contribution in [0.3, 0.4) is 0 Å². The van der Waals surface area contributed by atoms with Crippen molar-refractivity contribution in [3.63, 3.8) is 0 Å². The molecule has 0 aliphatic carbocycles. The maximum Gasteiger partial charge on any atom is 0.133 e. The Morgan fingerprint density at radius 3 is 1.50 bits per heavy atom. The maximum absolute atomic E-state index is 8.27. The molecule has 0 aliphatic heterocycles. The third-order valence-corrected chi connectivity index (χ3v) is 3.08. The molecule has 0 aromatic carbocycles. The van der Waals surface area contributed by atoms with E-state index in [2.05, 4.69) is 0 Å². The minimum absolute atomic E-state index is 0.231. The molecule has 0 rings (SSSR count). The van der Waals surface area contributed by atoms with Gasteiger partial charge in [0.1, 0.15) is 10.8 Å². The van der Waals surface area contributed by atoms with Crippen LogP contribution in [-0.2, 0) is 0 Å². The van der Waals surface area contributed by atoms with Crippen molar-refractivity contribution in [2.24, 2.45) is 0 Å². The number of nitrogens with zero attached hydrogens (tertiary/aromatic N) is 2. The standard InChI is InChI=1S/C6H8N2S2/c1-5(9-3-7)6(2)10-4-8/h5-6H,1-2H3/t5-,6+. The fourth-order valence-electron chi connectivity index (χ4n) is 0.358. The first-order valence-corrected chi connectivity index (χ1v) is 4.57. The maximum atomic E-state index is 8.27. The SMILES string of the molecule is C[C@H](SC#N)[C@@H](C)SC#N. The lowest BCUT2D eigenvalue weighted by Crippen LogP contribution is -2.10. The summed E-state index contributed by atoms with van der Waals surface area (Å²) in [5.41, 5.74) is 0. The normalized spacial score (nSPS) is 14.8. The van der Waals surface area contributed by atoms with Crippen molar-refractivity contribution in [2.75, 3.05) is 0 Å². The van der Waals surface area contributed by atoms with Crippen LogP contribution in [0.15, 0.2) is 0 Å². The Balaban J connectivity index is 3.63. The highest BCUT2D eigenvalue weighted by Gasteiger charge is 2.12. The first-order valence-electron chi connectivity index (χ1n) is 2.81. The molecule has 0 unspecified atom stereocenters. The van der Waals surface area contributed by atoms with Crippen LogP contribution in [0, 0.1) is 21.3 Å². The molecular weight excluding hydrogens is 164 g/mol. The fourth-order valence-corrected chi connectivity index (χ4v) is 1.41. The molecule has 0 aliphatic rings. The molecular formula is C6H8N2S2. The molecule has 0 heterocycles. The van der Waals surface area contributed by atoms with Gasteiger partial charge in [0.15, 0.2) is 0 Å². The Bertz CT molecular complexity index is 148. The highest BCUT2D eigenvalue weighted by molar-refractivity contribution is 8.08. The van der Waals surface area contributed by atoms with Gasteiger partial charge in [0.25, 0.3) is 0 Å². The van der Waals surface area contributed by atoms with Crippen LogP contribution in [0.5, 0.6) is 0 Å². The van der Waals surface area contributed by atoms with Gasteiger partial charge in [0.05, 0.1) is 0 Å². The Kier molecular flexibility index (Phi) is 5.29. The van der Waals surface area contributed by atoms with E-state index in [1.807, 2.05) is 24.6 Å². The largest absolute Gasteiger partial charge is 0.185 e. The zero-order chi connectivity index (χ0) is 7.98. The minimum Gasteiger partial charge on any atom is -0.185 e. The number of hydrogen-bond acceptors (Lipinski definition) is 4. The summed E-state index contributed by atoms with van der Waals surface area (Å²) in [5, 5.41) is 21.0. The van der Waals surface area contributed by atoms with Gasteiger partial charge in [0.2, 0.25) is 0 Å². The molecule has 0 radical (unpaired) electrons. The van der Waals surface area contributed by atoms with Crippen molar-refractivity contribution in [3.05, 3.63) is 0 Å². The van der Waals surface area contributed by atoms with E-state index in [4.69, 9.17) is 10.5 Å². The summed E-state index contributed by atoms with van der Waals surface area (Å²) in [7, 11) is 0. The molecule has 54 valence electrons. The van der Waals surface area contributed by atoms with Crippen LogP contribution in [-0.4, -0.2) is 10.5 Å². The smallest absolute Gasteiger partial charge is 0.133 e. The van der Waals surface area contributed by atoms with Gasteiger partial charge in [-0.25, -0.2) is 0 Å². The van der Waals surface area contributed by atoms with Gasteiger partial charge < -0.3 is 0 Å². The Hall–Kier alpha value is -0.320. The van der Waals surface area contributed by atoms with Crippen molar-refractivity contribution >= 4 is 23.5 Å². The molecule has 0 saturated heterocycles. The van der Waals surface area contributed by atoms with E-state index >= 15 is 0 Å². The topological polar surface area (TPSA) is 47.6 Å². The molecule has 2 nitrogen and oxygen atoms in total. The number of thiocyanates is 2. The second kappa shape index (κ2) is 5.46. The fraction of sp³-hybridized carbons (Fsp3) is 0.667. The lowest BCUT2D eigenvalue weighted by molar-refractivity contribution is 0.935. The van der Waals surface area contributed by atoms with Crippen molar-refractivity contribution in [1.82, 2.24) is 0 Å². The second-order valence-electron chi connectivity index (χ2n) is 1.83. The van der Waals surface area contributed by atoms with Gasteiger partial charge in [-0.1, -0.05) is 13.8 Å². The molecule has 4 heteroatoms. The first-order chi connectivity index (χ1) is 4.72. The molecule has 2 atom stereocenters. The van der Waals surface area contributed by atoms with Gasteiger partial charge in [0, 0.05) is 10.5 Å². The molecule has 10 heavy (non-hydrogen) atoms. The van der Waals surface area contributed by atoms with Gasteiger partial charge in [-0.3, -0.25) is 0 Å². The highest BCUT2D eigenvalue weighted by atomic mass is 32.2. The van der Waals surface area contributed by atoms with Gasteiger partial charge >= 0.3 is 0 Å². The summed E-state index contributed by atoms with van der Waals surface area (Å²) in [6.07, 6.45) is 0. The molecule has 0 fully saturated rings. The summed E-state index contributed by atoms with van der Waals surface area (Å²) in [4.78, 5) is 0. The van der Waals surface area contributed by atoms with E-state index in [-0.39, 0.29) is 10.5 Å². The molecule has 0 saturated carbocycles. The van der Waals surface area contributed by atoms with E-state index in [9.17, 15) is 0 Å². The monoisotopic (exact) mass is 172 g/mol. The number of hydrogen-bond donors (Lipinski definition) is 0. The van der Waals surface area contributed by atoms with Gasteiger partial charge in [-0.05, 0) is 23.5 Å². The van der Waals surface area contributed by atoms with E-state index in [1.54, 1.807) is 0 Å². The van der Waals surface area contributed by atoms with Crippen LogP contribution in [0.1, 0.15) is 13.8 Å². The predicted molar refractivity (Wildman–Crippen MR) is 45.3 cm³/mol. The molecule has 0 aromatic heterocycles.